The van der Waals surface area contributed by atoms with E-state index in [1.54, 1.807) is 13.8 Å². The zero-order valence-electron chi connectivity index (χ0n) is 21.3. The summed E-state index contributed by atoms with van der Waals surface area (Å²) in [7, 11) is 0. The van der Waals surface area contributed by atoms with Crippen molar-refractivity contribution in [1.29, 1.82) is 0 Å². The predicted octanol–water partition coefficient (Wildman–Crippen LogP) is -1.53. The molecular formula is C22H41N7O7. The van der Waals surface area contributed by atoms with E-state index in [1.807, 2.05) is 13.8 Å². The third-order valence-electron chi connectivity index (χ3n) is 5.15. The van der Waals surface area contributed by atoms with Gasteiger partial charge in [0.15, 0.2) is 5.96 Å². The van der Waals surface area contributed by atoms with Crippen molar-refractivity contribution >= 4 is 35.6 Å². The normalized spacial score (nSPS) is 14.3. The van der Waals surface area contributed by atoms with Crippen molar-refractivity contribution in [3.63, 3.8) is 0 Å². The van der Waals surface area contributed by atoms with Gasteiger partial charge in [-0.2, -0.15) is 0 Å². The Morgan fingerprint density at radius 2 is 1.42 bits per heavy atom. The second-order valence-electron chi connectivity index (χ2n) is 9.31. The van der Waals surface area contributed by atoms with Crippen molar-refractivity contribution in [2.24, 2.45) is 34.0 Å². The van der Waals surface area contributed by atoms with Crippen molar-refractivity contribution < 1.29 is 34.2 Å². The average molecular weight is 516 g/mol. The molecule has 0 aromatic heterocycles. The second-order valence-corrected chi connectivity index (χ2v) is 9.31. The molecule has 0 radical (unpaired) electrons. The molecule has 14 heteroatoms. The summed E-state index contributed by atoms with van der Waals surface area (Å²) in [6.45, 7) is 7.29. The molecule has 11 N–H and O–H groups in total. The smallest absolute Gasteiger partial charge is 0.326 e. The largest absolute Gasteiger partial charge is 0.481 e. The summed E-state index contributed by atoms with van der Waals surface area (Å²) in [5, 5.41) is 25.6. The van der Waals surface area contributed by atoms with Crippen LogP contribution in [0.25, 0.3) is 0 Å². The number of nitrogens with zero attached hydrogens (tertiary/aromatic N) is 1. The maximum absolute atomic E-state index is 13.1. The van der Waals surface area contributed by atoms with Crippen LogP contribution >= 0.6 is 0 Å². The lowest BCUT2D eigenvalue weighted by molar-refractivity contribution is -0.143. The van der Waals surface area contributed by atoms with E-state index < -0.39 is 66.2 Å². The molecule has 0 heterocycles. The van der Waals surface area contributed by atoms with Gasteiger partial charge in [0.2, 0.25) is 17.7 Å². The van der Waals surface area contributed by atoms with Crippen LogP contribution in [0.5, 0.6) is 0 Å². The van der Waals surface area contributed by atoms with E-state index in [1.165, 1.54) is 0 Å². The number of guanidine groups is 1. The molecule has 4 unspecified atom stereocenters. The number of carbonyl (C=O) groups excluding carboxylic acids is 3. The van der Waals surface area contributed by atoms with Gasteiger partial charge < -0.3 is 43.4 Å². The molecular weight excluding hydrogens is 474 g/mol. The Balaban J connectivity index is 5.53. The molecule has 0 fully saturated rings. The predicted molar refractivity (Wildman–Crippen MR) is 132 cm³/mol. The minimum Gasteiger partial charge on any atom is -0.481 e. The van der Waals surface area contributed by atoms with Crippen LogP contribution in [0.4, 0.5) is 0 Å². The summed E-state index contributed by atoms with van der Waals surface area (Å²) in [6, 6.07) is -4.49. The average Bonchev–Trinajstić information content (AvgIpc) is 2.75. The van der Waals surface area contributed by atoms with Crippen LogP contribution in [0.1, 0.15) is 59.8 Å². The number of carbonyl (C=O) groups is 5. The number of nitrogens with two attached hydrogens (primary N) is 3. The molecule has 0 aromatic rings. The molecule has 0 bridgehead atoms. The molecule has 14 nitrogen and oxygen atoms in total. The monoisotopic (exact) mass is 515 g/mol. The fraction of sp³-hybridized carbons (Fsp3) is 0.727. The minimum absolute atomic E-state index is 0.119. The topological polar surface area (TPSA) is 252 Å². The van der Waals surface area contributed by atoms with E-state index in [-0.39, 0.29) is 31.3 Å². The number of nitrogens with one attached hydrogen (secondary N) is 3. The second kappa shape index (κ2) is 16.3. The highest BCUT2D eigenvalue weighted by molar-refractivity contribution is 5.94. The molecule has 4 atom stereocenters. The van der Waals surface area contributed by atoms with E-state index >= 15 is 0 Å². The number of carboxylic acid groups (broad SMARTS) is 2. The van der Waals surface area contributed by atoms with Gasteiger partial charge in [-0.15, -0.1) is 0 Å². The van der Waals surface area contributed by atoms with E-state index in [4.69, 9.17) is 22.3 Å². The van der Waals surface area contributed by atoms with E-state index in [9.17, 15) is 29.1 Å². The third kappa shape index (κ3) is 13.5. The molecule has 0 rings (SSSR count). The Hall–Kier alpha value is -3.42. The van der Waals surface area contributed by atoms with Crippen LogP contribution < -0.4 is 33.2 Å². The summed E-state index contributed by atoms with van der Waals surface area (Å²) in [4.78, 5) is 64.5. The van der Waals surface area contributed by atoms with Crippen molar-refractivity contribution in [2.75, 3.05) is 6.54 Å². The number of hydrogen-bond acceptors (Lipinski definition) is 7. The van der Waals surface area contributed by atoms with Crippen LogP contribution in [0.3, 0.4) is 0 Å². The van der Waals surface area contributed by atoms with Crippen molar-refractivity contribution in [3.8, 4) is 0 Å². The lowest BCUT2D eigenvalue weighted by atomic mass is 10.0. The minimum atomic E-state index is -1.45. The molecule has 0 saturated carbocycles. The Morgan fingerprint density at radius 1 is 0.833 bits per heavy atom. The summed E-state index contributed by atoms with van der Waals surface area (Å²) in [5.41, 5.74) is 16.6. The summed E-state index contributed by atoms with van der Waals surface area (Å²) in [6.07, 6.45) is 0.0943. The van der Waals surface area contributed by atoms with Crippen LogP contribution in [-0.2, 0) is 24.0 Å². The van der Waals surface area contributed by atoms with Gasteiger partial charge in [-0.25, -0.2) is 4.79 Å². The summed E-state index contributed by atoms with van der Waals surface area (Å²) >= 11 is 0. The number of hydrogen-bond donors (Lipinski definition) is 8. The van der Waals surface area contributed by atoms with Crippen LogP contribution in [0, 0.1) is 11.8 Å². The van der Waals surface area contributed by atoms with Gasteiger partial charge in [-0.05, 0) is 37.5 Å². The third-order valence-corrected chi connectivity index (χ3v) is 5.15. The van der Waals surface area contributed by atoms with Crippen molar-refractivity contribution in [3.05, 3.63) is 0 Å². The highest BCUT2D eigenvalue weighted by Gasteiger charge is 2.32. The molecule has 36 heavy (non-hydrogen) atoms. The Bertz CT molecular complexity index is 798. The molecule has 3 amide bonds. The molecule has 0 aliphatic rings. The maximum atomic E-state index is 13.1. The van der Waals surface area contributed by atoms with E-state index in [0.29, 0.717) is 12.8 Å². The Labute approximate surface area is 210 Å². The van der Waals surface area contributed by atoms with Gasteiger partial charge in [0.25, 0.3) is 0 Å². The Kier molecular flexibility index (Phi) is 14.7. The number of aliphatic carboxylic acids is 2. The first-order chi connectivity index (χ1) is 16.6. The van der Waals surface area contributed by atoms with Crippen molar-refractivity contribution in [1.82, 2.24) is 16.0 Å². The van der Waals surface area contributed by atoms with Crippen LogP contribution in [-0.4, -0.2) is 76.5 Å². The maximum Gasteiger partial charge on any atom is 0.326 e. The number of amides is 3. The highest BCUT2D eigenvalue weighted by atomic mass is 16.4. The first-order valence-corrected chi connectivity index (χ1v) is 11.8. The van der Waals surface area contributed by atoms with Crippen LogP contribution in [0.15, 0.2) is 4.99 Å². The highest BCUT2D eigenvalue weighted by Crippen LogP contribution is 2.08. The van der Waals surface area contributed by atoms with E-state index in [2.05, 4.69) is 20.9 Å². The van der Waals surface area contributed by atoms with E-state index in [0.717, 1.165) is 0 Å². The lowest BCUT2D eigenvalue weighted by Crippen LogP contribution is -2.58. The zero-order valence-corrected chi connectivity index (χ0v) is 21.3. The fourth-order valence-corrected chi connectivity index (χ4v) is 3.24. The first kappa shape index (κ1) is 32.6. The summed E-state index contributed by atoms with van der Waals surface area (Å²) in [5.74, 6) is -5.03. The van der Waals surface area contributed by atoms with Gasteiger partial charge >= 0.3 is 11.9 Å². The van der Waals surface area contributed by atoms with Crippen molar-refractivity contribution in [2.45, 2.75) is 84.0 Å². The molecule has 0 aromatic carbocycles. The van der Waals surface area contributed by atoms with Gasteiger partial charge in [-0.1, -0.05) is 27.7 Å². The number of carboxylic acids is 2. The molecule has 0 aliphatic carbocycles. The van der Waals surface area contributed by atoms with Gasteiger partial charge in [-0.3, -0.25) is 24.2 Å². The Morgan fingerprint density at radius 3 is 1.89 bits per heavy atom. The SMILES string of the molecule is CC(C)CC(N)C(=O)NC(CCCN=C(N)N)C(=O)NC(C(=O)NC(CCC(=O)O)C(=O)O)C(C)C. The van der Waals surface area contributed by atoms with Gasteiger partial charge in [0, 0.05) is 13.0 Å². The lowest BCUT2D eigenvalue weighted by Gasteiger charge is -2.27. The first-order valence-electron chi connectivity index (χ1n) is 11.8. The quantitative estimate of drug-likeness (QED) is 0.0630. The molecule has 206 valence electrons. The number of aliphatic imine (C=N–C) groups is 1. The standard InChI is InChI=1S/C22H41N7O7/c1-11(2)10-13(23)18(32)27-14(6-5-9-26-22(24)25)19(33)29-17(12(3)4)20(34)28-15(21(35)36)7-8-16(30)31/h11-15,17H,5-10,23H2,1-4H3,(H,27,32)(H,28,34)(H,29,33)(H,30,31)(H,35,36)(H4,24,25,26). The molecule has 0 aliphatic heterocycles. The summed E-state index contributed by atoms with van der Waals surface area (Å²) < 4.78 is 0. The van der Waals surface area contributed by atoms with Gasteiger partial charge in [0.1, 0.15) is 18.1 Å². The fourth-order valence-electron chi connectivity index (χ4n) is 3.24. The van der Waals surface area contributed by atoms with Crippen LogP contribution in [0.2, 0.25) is 0 Å². The number of rotatable bonds is 17. The zero-order chi connectivity index (χ0) is 28.0. The molecule has 0 spiro atoms. The molecule has 0 saturated heterocycles. The van der Waals surface area contributed by atoms with Gasteiger partial charge in [0.05, 0.1) is 6.04 Å².